The van der Waals surface area contributed by atoms with E-state index in [2.05, 4.69) is 28.2 Å². The van der Waals surface area contributed by atoms with Gasteiger partial charge in [-0.3, -0.25) is 5.43 Å². The van der Waals surface area contributed by atoms with E-state index in [0.29, 0.717) is 11.8 Å². The van der Waals surface area contributed by atoms with Gasteiger partial charge in [-0.05, 0) is 12.5 Å². The topological polar surface area (TPSA) is 73.1 Å². The zero-order valence-corrected chi connectivity index (χ0v) is 10.2. The molecule has 0 aliphatic rings. The molecule has 6 heteroatoms. The Morgan fingerprint density at radius 2 is 2.41 bits per heavy atom. The van der Waals surface area contributed by atoms with Crippen molar-refractivity contribution in [3.8, 4) is 18.2 Å². The van der Waals surface area contributed by atoms with Crippen molar-refractivity contribution in [1.29, 1.82) is 0 Å². The van der Waals surface area contributed by atoms with E-state index in [4.69, 9.17) is 17.0 Å². The Labute approximate surface area is 103 Å². The van der Waals surface area contributed by atoms with Gasteiger partial charge in [-0.25, -0.2) is 10.8 Å². The number of hydrogen-bond donors (Lipinski definition) is 2. The number of terminal acetylenes is 1. The molecule has 17 heavy (non-hydrogen) atoms. The summed E-state index contributed by atoms with van der Waals surface area (Å²) >= 11 is 1.60. The summed E-state index contributed by atoms with van der Waals surface area (Å²) in [7, 11) is 0. The van der Waals surface area contributed by atoms with Crippen LogP contribution < -0.4 is 16.0 Å². The fraction of sp³-hybridized carbons (Fsp3) is 0.273. The molecule has 0 aliphatic heterocycles. The van der Waals surface area contributed by atoms with E-state index >= 15 is 0 Å². The Balaban J connectivity index is 2.53. The number of thiophene rings is 1. The van der Waals surface area contributed by atoms with Crippen LogP contribution in [0.15, 0.2) is 6.07 Å². The van der Waals surface area contributed by atoms with E-state index in [-0.39, 0.29) is 6.61 Å². The average Bonchev–Trinajstić information content (AvgIpc) is 2.78. The highest BCUT2D eigenvalue weighted by molar-refractivity contribution is 7.18. The zero-order chi connectivity index (χ0) is 12.3. The molecule has 0 spiro atoms. The molecule has 0 amide bonds. The third kappa shape index (κ3) is 2.30. The molecule has 3 N–H and O–H groups in total. The standard InChI is InChI=1S/C11H12N4OS/c1-3-5-16-9-8-6-7(4-2)17-10(8)14-11(13-9)15-12/h1,6H,4-5,12H2,2H3,(H,13,14,15). The maximum Gasteiger partial charge on any atom is 0.241 e. The van der Waals surface area contributed by atoms with E-state index in [1.54, 1.807) is 11.3 Å². The number of aromatic nitrogens is 2. The smallest absolute Gasteiger partial charge is 0.241 e. The lowest BCUT2D eigenvalue weighted by atomic mass is 10.3. The molecule has 0 fully saturated rings. The van der Waals surface area contributed by atoms with Gasteiger partial charge in [-0.1, -0.05) is 12.8 Å². The molecule has 2 rings (SSSR count). The van der Waals surface area contributed by atoms with Crippen molar-refractivity contribution >= 4 is 27.5 Å². The van der Waals surface area contributed by atoms with Gasteiger partial charge in [-0.2, -0.15) is 4.98 Å². The molecule has 0 saturated carbocycles. The number of rotatable bonds is 4. The minimum Gasteiger partial charge on any atom is -0.464 e. The minimum atomic E-state index is 0.174. The SMILES string of the molecule is C#CCOc1nc(NN)nc2sc(CC)cc12. The van der Waals surface area contributed by atoms with E-state index in [9.17, 15) is 0 Å². The molecule has 2 aromatic rings. The van der Waals surface area contributed by atoms with Crippen LogP contribution in [0.5, 0.6) is 5.88 Å². The lowest BCUT2D eigenvalue weighted by Crippen LogP contribution is -2.11. The second-order valence-electron chi connectivity index (χ2n) is 3.27. The summed E-state index contributed by atoms with van der Waals surface area (Å²) in [4.78, 5) is 10.5. The monoisotopic (exact) mass is 248 g/mol. The second kappa shape index (κ2) is 4.99. The average molecular weight is 248 g/mol. The van der Waals surface area contributed by atoms with Gasteiger partial charge in [0.05, 0.1) is 5.39 Å². The Morgan fingerprint density at radius 1 is 1.59 bits per heavy atom. The van der Waals surface area contributed by atoms with Crippen LogP contribution in [-0.4, -0.2) is 16.6 Å². The normalized spacial score (nSPS) is 10.2. The molecule has 2 heterocycles. The highest BCUT2D eigenvalue weighted by Crippen LogP contribution is 2.31. The Morgan fingerprint density at radius 3 is 3.06 bits per heavy atom. The second-order valence-corrected chi connectivity index (χ2v) is 4.39. The van der Waals surface area contributed by atoms with Gasteiger partial charge in [0, 0.05) is 4.88 Å². The molecule has 5 nitrogen and oxygen atoms in total. The minimum absolute atomic E-state index is 0.174. The van der Waals surface area contributed by atoms with Crippen molar-refractivity contribution in [2.45, 2.75) is 13.3 Å². The van der Waals surface area contributed by atoms with Crippen LogP contribution in [0, 0.1) is 12.3 Å². The van der Waals surface area contributed by atoms with E-state index in [0.717, 1.165) is 16.6 Å². The quantitative estimate of drug-likeness (QED) is 0.488. The van der Waals surface area contributed by atoms with Crippen LogP contribution in [0.2, 0.25) is 0 Å². The van der Waals surface area contributed by atoms with Crippen molar-refractivity contribution < 1.29 is 4.74 Å². The molecular formula is C11H12N4OS. The number of anilines is 1. The van der Waals surface area contributed by atoms with Crippen molar-refractivity contribution in [2.75, 3.05) is 12.0 Å². The first kappa shape index (κ1) is 11.6. The number of nitrogens with two attached hydrogens (primary N) is 1. The summed E-state index contributed by atoms with van der Waals surface area (Å²) in [5.74, 6) is 8.52. The first-order chi connectivity index (χ1) is 8.28. The highest BCUT2D eigenvalue weighted by Gasteiger charge is 2.11. The number of ether oxygens (including phenoxy) is 1. The summed E-state index contributed by atoms with van der Waals surface area (Å²) in [6.07, 6.45) is 6.11. The fourth-order valence-corrected chi connectivity index (χ4v) is 2.36. The predicted molar refractivity (Wildman–Crippen MR) is 68.9 cm³/mol. The molecule has 88 valence electrons. The van der Waals surface area contributed by atoms with Crippen LogP contribution >= 0.6 is 11.3 Å². The largest absolute Gasteiger partial charge is 0.464 e. The maximum atomic E-state index is 5.39. The van der Waals surface area contributed by atoms with Crippen LogP contribution in [-0.2, 0) is 6.42 Å². The van der Waals surface area contributed by atoms with Crippen molar-refractivity contribution in [2.24, 2.45) is 5.84 Å². The van der Waals surface area contributed by atoms with Gasteiger partial charge in [0.2, 0.25) is 11.8 Å². The molecule has 0 unspecified atom stereocenters. The predicted octanol–water partition coefficient (Wildman–Crippen LogP) is 1.55. The molecule has 0 radical (unpaired) electrons. The lowest BCUT2D eigenvalue weighted by molar-refractivity contribution is 0.360. The van der Waals surface area contributed by atoms with Crippen molar-refractivity contribution in [3.63, 3.8) is 0 Å². The number of aryl methyl sites for hydroxylation is 1. The van der Waals surface area contributed by atoms with Crippen LogP contribution in [0.4, 0.5) is 5.95 Å². The highest BCUT2D eigenvalue weighted by atomic mass is 32.1. The summed E-state index contributed by atoms with van der Waals surface area (Å²) in [6.45, 7) is 2.26. The third-order valence-corrected chi connectivity index (χ3v) is 3.35. The maximum absolute atomic E-state index is 5.39. The summed E-state index contributed by atoms with van der Waals surface area (Å²) in [5, 5.41) is 0.876. The number of nitrogens with one attached hydrogen (secondary N) is 1. The molecule has 0 bridgehead atoms. The van der Waals surface area contributed by atoms with E-state index < -0.39 is 0 Å². The Hall–Kier alpha value is -1.84. The van der Waals surface area contributed by atoms with Crippen LogP contribution in [0.3, 0.4) is 0 Å². The fourth-order valence-electron chi connectivity index (χ4n) is 1.40. The van der Waals surface area contributed by atoms with Gasteiger partial charge in [0.1, 0.15) is 4.83 Å². The van der Waals surface area contributed by atoms with Crippen molar-refractivity contribution in [3.05, 3.63) is 10.9 Å². The van der Waals surface area contributed by atoms with Crippen LogP contribution in [0.1, 0.15) is 11.8 Å². The van der Waals surface area contributed by atoms with Gasteiger partial charge < -0.3 is 4.74 Å². The number of nitrogen functional groups attached to an aromatic ring is 1. The summed E-state index contributed by atoms with van der Waals surface area (Å²) in [6, 6.07) is 2.02. The molecule has 0 saturated heterocycles. The third-order valence-electron chi connectivity index (χ3n) is 2.18. The van der Waals surface area contributed by atoms with Gasteiger partial charge in [0.15, 0.2) is 6.61 Å². The molecule has 0 atom stereocenters. The van der Waals surface area contributed by atoms with E-state index in [1.807, 2.05) is 6.07 Å². The van der Waals surface area contributed by atoms with Gasteiger partial charge in [-0.15, -0.1) is 17.8 Å². The molecule has 0 aliphatic carbocycles. The van der Waals surface area contributed by atoms with Crippen molar-refractivity contribution in [1.82, 2.24) is 9.97 Å². The lowest BCUT2D eigenvalue weighted by Gasteiger charge is -2.04. The first-order valence-corrected chi connectivity index (χ1v) is 5.93. The number of hydrogen-bond acceptors (Lipinski definition) is 6. The summed E-state index contributed by atoms with van der Waals surface area (Å²) < 4.78 is 5.39. The van der Waals surface area contributed by atoms with Crippen LogP contribution in [0.25, 0.3) is 10.2 Å². The van der Waals surface area contributed by atoms with Gasteiger partial charge in [0.25, 0.3) is 0 Å². The molecule has 0 aromatic carbocycles. The molecular weight excluding hydrogens is 236 g/mol. The number of hydrazine groups is 1. The molecule has 2 aromatic heterocycles. The first-order valence-electron chi connectivity index (χ1n) is 5.11. The number of nitrogens with zero attached hydrogens (tertiary/aromatic N) is 2. The Kier molecular flexibility index (Phi) is 3.42. The summed E-state index contributed by atoms with van der Waals surface area (Å²) in [5.41, 5.74) is 2.42. The van der Waals surface area contributed by atoms with E-state index in [1.165, 1.54) is 4.88 Å². The Bertz CT molecular complexity index is 573. The van der Waals surface area contributed by atoms with Gasteiger partial charge >= 0.3 is 0 Å². The number of fused-ring (bicyclic) bond motifs is 1. The zero-order valence-electron chi connectivity index (χ0n) is 9.36.